The van der Waals surface area contributed by atoms with Crippen molar-refractivity contribution in [2.24, 2.45) is 0 Å². The van der Waals surface area contributed by atoms with Gasteiger partial charge in [-0.2, -0.15) is 0 Å². The van der Waals surface area contributed by atoms with E-state index in [0.717, 1.165) is 17.4 Å². The Morgan fingerprint density at radius 3 is 2.56 bits per heavy atom. The molecule has 0 aliphatic heterocycles. The van der Waals surface area contributed by atoms with E-state index in [0.29, 0.717) is 12.2 Å². The van der Waals surface area contributed by atoms with Gasteiger partial charge in [0.2, 0.25) is 0 Å². The Morgan fingerprint density at radius 1 is 1.11 bits per heavy atom. The molecule has 0 fully saturated rings. The minimum Gasteiger partial charge on any atom is -0.380 e. The highest BCUT2D eigenvalue weighted by Crippen LogP contribution is 2.23. The van der Waals surface area contributed by atoms with Crippen molar-refractivity contribution in [1.29, 1.82) is 0 Å². The summed E-state index contributed by atoms with van der Waals surface area (Å²) < 4.78 is 5.14. The molecule has 92 valence electrons. The van der Waals surface area contributed by atoms with E-state index in [1.54, 1.807) is 7.11 Å². The number of aldehydes is 1. The molecule has 0 atom stereocenters. The number of ether oxygens (including phenoxy) is 1. The summed E-state index contributed by atoms with van der Waals surface area (Å²) in [7, 11) is 1.70. The van der Waals surface area contributed by atoms with Gasteiger partial charge in [-0.3, -0.25) is 4.79 Å². The zero-order valence-corrected chi connectivity index (χ0v) is 10.6. The molecule has 0 aromatic heterocycles. The maximum Gasteiger partial charge on any atom is 0.150 e. The number of aryl methyl sites for hydroxylation is 1. The van der Waals surface area contributed by atoms with Gasteiger partial charge in [-0.05, 0) is 35.2 Å². The maximum absolute atomic E-state index is 10.8. The molecule has 0 amide bonds. The highest BCUT2D eigenvalue weighted by Gasteiger charge is 2.03. The van der Waals surface area contributed by atoms with Crippen molar-refractivity contribution in [3.05, 3.63) is 59.2 Å². The van der Waals surface area contributed by atoms with Gasteiger partial charge in [-0.15, -0.1) is 0 Å². The lowest BCUT2D eigenvalue weighted by atomic mass is 9.99. The first kappa shape index (κ1) is 12.5. The van der Waals surface area contributed by atoms with Crippen molar-refractivity contribution < 1.29 is 9.53 Å². The van der Waals surface area contributed by atoms with E-state index < -0.39 is 0 Å². The van der Waals surface area contributed by atoms with Gasteiger partial charge < -0.3 is 4.74 Å². The number of rotatable bonds is 4. The molecule has 0 N–H and O–H groups in total. The van der Waals surface area contributed by atoms with Crippen molar-refractivity contribution in [2.45, 2.75) is 13.5 Å². The molecule has 2 nitrogen and oxygen atoms in total. The minimum atomic E-state index is 0.625. The molecule has 2 heteroatoms. The van der Waals surface area contributed by atoms with Crippen LogP contribution in [0.2, 0.25) is 0 Å². The fourth-order valence-corrected chi connectivity index (χ4v) is 1.98. The number of hydrogen-bond donors (Lipinski definition) is 0. The number of carbonyl (C=O) groups excluding carboxylic acids is 1. The van der Waals surface area contributed by atoms with Gasteiger partial charge in [0, 0.05) is 12.7 Å². The first-order valence-electron chi connectivity index (χ1n) is 5.88. The fourth-order valence-electron chi connectivity index (χ4n) is 1.98. The highest BCUT2D eigenvalue weighted by molar-refractivity contribution is 5.79. The van der Waals surface area contributed by atoms with E-state index in [2.05, 4.69) is 25.1 Å². The summed E-state index contributed by atoms with van der Waals surface area (Å²) in [4.78, 5) is 10.8. The Morgan fingerprint density at radius 2 is 1.89 bits per heavy atom. The Hall–Kier alpha value is -1.93. The molecule has 2 aromatic carbocycles. The Kier molecular flexibility index (Phi) is 3.90. The molecule has 0 unspecified atom stereocenters. The number of benzene rings is 2. The van der Waals surface area contributed by atoms with E-state index >= 15 is 0 Å². The Balaban J connectivity index is 2.38. The topological polar surface area (TPSA) is 26.3 Å². The van der Waals surface area contributed by atoms with Gasteiger partial charge in [0.15, 0.2) is 0 Å². The first-order chi connectivity index (χ1) is 8.74. The van der Waals surface area contributed by atoms with Gasteiger partial charge in [-0.1, -0.05) is 36.4 Å². The lowest BCUT2D eigenvalue weighted by molar-refractivity contribution is 0.112. The van der Waals surface area contributed by atoms with Crippen molar-refractivity contribution in [3.8, 4) is 11.1 Å². The molecular formula is C16H16O2. The molecule has 2 rings (SSSR count). The third-order valence-corrected chi connectivity index (χ3v) is 3.00. The molecule has 2 aromatic rings. The first-order valence-corrected chi connectivity index (χ1v) is 5.88. The lowest BCUT2D eigenvalue weighted by Gasteiger charge is -2.08. The highest BCUT2D eigenvalue weighted by atomic mass is 16.5. The Bertz CT molecular complexity index is 559. The van der Waals surface area contributed by atoms with Crippen molar-refractivity contribution in [1.82, 2.24) is 0 Å². The molecule has 0 spiro atoms. The largest absolute Gasteiger partial charge is 0.380 e. The van der Waals surface area contributed by atoms with Gasteiger partial charge in [-0.25, -0.2) is 0 Å². The third-order valence-electron chi connectivity index (χ3n) is 3.00. The van der Waals surface area contributed by atoms with Crippen LogP contribution in [0, 0.1) is 6.92 Å². The molecule has 0 saturated heterocycles. The SMILES string of the molecule is COCc1ccc(-c2cccc(C=O)c2)cc1C. The Labute approximate surface area is 107 Å². The normalized spacial score (nSPS) is 10.3. The molecule has 18 heavy (non-hydrogen) atoms. The average Bonchev–Trinajstić information content (AvgIpc) is 2.41. The van der Waals surface area contributed by atoms with E-state index in [9.17, 15) is 4.79 Å². The summed E-state index contributed by atoms with van der Waals surface area (Å²) in [6, 6.07) is 13.9. The van der Waals surface area contributed by atoms with Crippen LogP contribution in [0.15, 0.2) is 42.5 Å². The fraction of sp³-hybridized carbons (Fsp3) is 0.188. The maximum atomic E-state index is 10.8. The number of hydrogen-bond acceptors (Lipinski definition) is 2. The second-order valence-corrected chi connectivity index (χ2v) is 4.32. The van der Waals surface area contributed by atoms with Crippen LogP contribution in [0.1, 0.15) is 21.5 Å². The lowest BCUT2D eigenvalue weighted by Crippen LogP contribution is -1.92. The molecule has 0 aliphatic rings. The number of carbonyl (C=O) groups is 1. The van der Waals surface area contributed by atoms with Crippen LogP contribution < -0.4 is 0 Å². The molecule has 0 radical (unpaired) electrons. The second-order valence-electron chi connectivity index (χ2n) is 4.32. The third kappa shape index (κ3) is 2.66. The van der Waals surface area contributed by atoms with Crippen LogP contribution >= 0.6 is 0 Å². The van der Waals surface area contributed by atoms with Gasteiger partial charge in [0.05, 0.1) is 6.61 Å². The van der Waals surface area contributed by atoms with Gasteiger partial charge in [0.1, 0.15) is 6.29 Å². The van der Waals surface area contributed by atoms with Crippen LogP contribution in [-0.2, 0) is 11.3 Å². The minimum absolute atomic E-state index is 0.625. The predicted molar refractivity (Wildman–Crippen MR) is 72.7 cm³/mol. The number of methoxy groups -OCH3 is 1. The molecule has 0 bridgehead atoms. The van der Waals surface area contributed by atoms with E-state index in [1.807, 2.05) is 24.3 Å². The van der Waals surface area contributed by atoms with Crippen molar-refractivity contribution >= 4 is 6.29 Å². The molecular weight excluding hydrogens is 224 g/mol. The van der Waals surface area contributed by atoms with E-state index in [4.69, 9.17) is 4.74 Å². The molecule has 0 heterocycles. The zero-order chi connectivity index (χ0) is 13.0. The van der Waals surface area contributed by atoms with Gasteiger partial charge in [0.25, 0.3) is 0 Å². The van der Waals surface area contributed by atoms with Crippen LogP contribution in [0.3, 0.4) is 0 Å². The van der Waals surface area contributed by atoms with Crippen molar-refractivity contribution in [3.63, 3.8) is 0 Å². The van der Waals surface area contributed by atoms with Crippen LogP contribution in [0.4, 0.5) is 0 Å². The molecule has 0 saturated carbocycles. The smallest absolute Gasteiger partial charge is 0.150 e. The van der Waals surface area contributed by atoms with Crippen LogP contribution in [0.25, 0.3) is 11.1 Å². The summed E-state index contributed by atoms with van der Waals surface area (Å²) in [5.74, 6) is 0. The summed E-state index contributed by atoms with van der Waals surface area (Å²) in [5, 5.41) is 0. The van der Waals surface area contributed by atoms with Crippen LogP contribution in [-0.4, -0.2) is 13.4 Å². The monoisotopic (exact) mass is 240 g/mol. The summed E-state index contributed by atoms with van der Waals surface area (Å²) in [6.07, 6.45) is 0.871. The zero-order valence-electron chi connectivity index (χ0n) is 10.6. The van der Waals surface area contributed by atoms with E-state index in [1.165, 1.54) is 11.1 Å². The second kappa shape index (κ2) is 5.61. The summed E-state index contributed by atoms with van der Waals surface area (Å²) >= 11 is 0. The standard InChI is InChI=1S/C16H16O2/c1-12-8-15(6-7-16(12)11-18-2)14-5-3-4-13(9-14)10-17/h3-10H,11H2,1-2H3. The summed E-state index contributed by atoms with van der Waals surface area (Å²) in [5.41, 5.74) is 5.27. The predicted octanol–water partition coefficient (Wildman–Crippen LogP) is 3.62. The molecule has 0 aliphatic carbocycles. The van der Waals surface area contributed by atoms with E-state index in [-0.39, 0.29) is 0 Å². The van der Waals surface area contributed by atoms with Gasteiger partial charge >= 0.3 is 0 Å². The van der Waals surface area contributed by atoms with Crippen LogP contribution in [0.5, 0.6) is 0 Å². The van der Waals surface area contributed by atoms with Crippen molar-refractivity contribution in [2.75, 3.05) is 7.11 Å². The summed E-state index contributed by atoms with van der Waals surface area (Å²) in [6.45, 7) is 2.70. The quantitative estimate of drug-likeness (QED) is 0.763. The average molecular weight is 240 g/mol.